The lowest BCUT2D eigenvalue weighted by Gasteiger charge is -2.17. The van der Waals surface area contributed by atoms with Crippen LogP contribution in [0.2, 0.25) is 0 Å². The number of anilines is 1. The van der Waals surface area contributed by atoms with Crippen molar-refractivity contribution in [1.82, 2.24) is 10.9 Å². The molecule has 3 aromatic rings. The van der Waals surface area contributed by atoms with Crippen LogP contribution in [0.4, 0.5) is 5.69 Å². The SMILES string of the molecule is Cc1cc(C)cc(NC(=S)NNC(=O)[C@@H](C)Oc2ccc3ccccc3c2)c1. The maximum Gasteiger partial charge on any atom is 0.279 e. The molecule has 0 unspecified atom stereocenters. The maximum absolute atomic E-state index is 12.3. The van der Waals surface area contributed by atoms with Gasteiger partial charge in [0, 0.05) is 5.69 Å². The van der Waals surface area contributed by atoms with E-state index in [1.807, 2.05) is 68.4 Å². The molecule has 1 atom stereocenters. The molecule has 0 aliphatic carbocycles. The normalized spacial score (nSPS) is 11.5. The second-order valence-electron chi connectivity index (χ2n) is 6.71. The van der Waals surface area contributed by atoms with Gasteiger partial charge in [0.25, 0.3) is 5.91 Å². The molecule has 28 heavy (non-hydrogen) atoms. The molecule has 0 saturated carbocycles. The van der Waals surface area contributed by atoms with Crippen molar-refractivity contribution in [2.24, 2.45) is 0 Å². The molecule has 3 aromatic carbocycles. The van der Waals surface area contributed by atoms with Gasteiger partial charge in [-0.2, -0.15) is 0 Å². The predicted octanol–water partition coefficient (Wildman–Crippen LogP) is 4.24. The number of carbonyl (C=O) groups is 1. The third kappa shape index (κ3) is 5.20. The zero-order chi connectivity index (χ0) is 20.1. The molecule has 0 radical (unpaired) electrons. The van der Waals surface area contributed by atoms with Gasteiger partial charge in [0.05, 0.1) is 0 Å². The van der Waals surface area contributed by atoms with E-state index in [0.717, 1.165) is 27.6 Å². The molecule has 0 bridgehead atoms. The molecule has 1 amide bonds. The van der Waals surface area contributed by atoms with Crippen LogP contribution in [0, 0.1) is 13.8 Å². The second kappa shape index (κ2) is 8.71. The van der Waals surface area contributed by atoms with E-state index < -0.39 is 6.10 Å². The Morgan fingerprint density at radius 2 is 1.61 bits per heavy atom. The standard InChI is InChI=1S/C22H23N3O2S/c1-14-10-15(2)12-19(11-14)23-22(28)25-24-21(26)16(3)27-20-9-8-17-6-4-5-7-18(17)13-20/h4-13,16H,1-3H3,(H,24,26)(H2,23,25,28)/t16-/m1/s1. The highest BCUT2D eigenvalue weighted by molar-refractivity contribution is 7.80. The van der Waals surface area contributed by atoms with Crippen molar-refractivity contribution < 1.29 is 9.53 Å². The molecule has 3 N–H and O–H groups in total. The topological polar surface area (TPSA) is 62.4 Å². The molecule has 5 nitrogen and oxygen atoms in total. The largest absolute Gasteiger partial charge is 0.481 e. The first-order valence-corrected chi connectivity index (χ1v) is 9.42. The van der Waals surface area contributed by atoms with Crippen molar-refractivity contribution >= 4 is 39.7 Å². The minimum Gasteiger partial charge on any atom is -0.481 e. The third-order valence-electron chi connectivity index (χ3n) is 4.18. The molecular weight excluding hydrogens is 370 g/mol. The van der Waals surface area contributed by atoms with Crippen LogP contribution < -0.4 is 20.9 Å². The van der Waals surface area contributed by atoms with Crippen LogP contribution in [0.15, 0.2) is 60.7 Å². The van der Waals surface area contributed by atoms with Crippen LogP contribution in [0.5, 0.6) is 5.75 Å². The predicted molar refractivity (Wildman–Crippen MR) is 117 cm³/mol. The third-order valence-corrected chi connectivity index (χ3v) is 4.39. The molecule has 0 aliphatic heterocycles. The van der Waals surface area contributed by atoms with Crippen molar-refractivity contribution in [2.45, 2.75) is 26.9 Å². The van der Waals surface area contributed by atoms with E-state index in [9.17, 15) is 4.79 Å². The zero-order valence-corrected chi connectivity index (χ0v) is 16.9. The summed E-state index contributed by atoms with van der Waals surface area (Å²) in [6.45, 7) is 5.72. The summed E-state index contributed by atoms with van der Waals surface area (Å²) in [6, 6.07) is 19.8. The van der Waals surface area contributed by atoms with Crippen LogP contribution in [0.3, 0.4) is 0 Å². The fourth-order valence-electron chi connectivity index (χ4n) is 2.93. The van der Waals surface area contributed by atoms with Crippen molar-refractivity contribution in [1.29, 1.82) is 0 Å². The number of carbonyl (C=O) groups excluding carboxylic acids is 1. The van der Waals surface area contributed by atoms with E-state index in [1.165, 1.54) is 0 Å². The van der Waals surface area contributed by atoms with Gasteiger partial charge < -0.3 is 10.1 Å². The lowest BCUT2D eigenvalue weighted by Crippen LogP contribution is -2.48. The Kier molecular flexibility index (Phi) is 6.11. The minimum absolute atomic E-state index is 0.302. The first kappa shape index (κ1) is 19.6. The van der Waals surface area contributed by atoms with Gasteiger partial charge in [0.2, 0.25) is 0 Å². The van der Waals surface area contributed by atoms with Crippen LogP contribution in [-0.4, -0.2) is 17.1 Å². The molecule has 0 aromatic heterocycles. The monoisotopic (exact) mass is 393 g/mol. The summed E-state index contributed by atoms with van der Waals surface area (Å²) < 4.78 is 5.75. The number of fused-ring (bicyclic) bond motifs is 1. The summed E-state index contributed by atoms with van der Waals surface area (Å²) in [5, 5.41) is 5.54. The van der Waals surface area contributed by atoms with Crippen molar-refractivity contribution in [2.75, 3.05) is 5.32 Å². The molecule has 0 spiro atoms. The Labute approximate surface area is 170 Å². The summed E-state index contributed by atoms with van der Waals surface area (Å²) in [6.07, 6.45) is -0.683. The van der Waals surface area contributed by atoms with Crippen molar-refractivity contribution in [3.63, 3.8) is 0 Å². The quantitative estimate of drug-likeness (QED) is 0.457. The minimum atomic E-state index is -0.683. The summed E-state index contributed by atoms with van der Waals surface area (Å²) in [5.74, 6) is 0.315. The smallest absolute Gasteiger partial charge is 0.279 e. The number of hydrogen-bond acceptors (Lipinski definition) is 3. The summed E-state index contributed by atoms with van der Waals surface area (Å²) >= 11 is 5.23. The molecule has 0 fully saturated rings. The van der Waals surface area contributed by atoms with Gasteiger partial charge in [-0.05, 0) is 79.2 Å². The average molecular weight is 394 g/mol. The number of amides is 1. The van der Waals surface area contributed by atoms with Gasteiger partial charge in [-0.3, -0.25) is 15.6 Å². The van der Waals surface area contributed by atoms with E-state index in [4.69, 9.17) is 17.0 Å². The number of rotatable bonds is 4. The van der Waals surface area contributed by atoms with Crippen molar-refractivity contribution in [3.8, 4) is 5.75 Å². The molecule has 6 heteroatoms. The van der Waals surface area contributed by atoms with Crippen LogP contribution >= 0.6 is 12.2 Å². The Morgan fingerprint density at radius 1 is 0.929 bits per heavy atom. The van der Waals surface area contributed by atoms with Crippen LogP contribution in [0.25, 0.3) is 10.8 Å². The summed E-state index contributed by atoms with van der Waals surface area (Å²) in [5.41, 5.74) is 8.41. The maximum atomic E-state index is 12.3. The second-order valence-corrected chi connectivity index (χ2v) is 7.12. The van der Waals surface area contributed by atoms with Gasteiger partial charge in [0.1, 0.15) is 5.75 Å². The summed E-state index contributed by atoms with van der Waals surface area (Å²) in [7, 11) is 0. The van der Waals surface area contributed by atoms with E-state index >= 15 is 0 Å². The number of thiocarbonyl (C=S) groups is 1. The van der Waals surface area contributed by atoms with Crippen LogP contribution in [-0.2, 0) is 4.79 Å². The van der Waals surface area contributed by atoms with E-state index in [2.05, 4.69) is 22.2 Å². The average Bonchev–Trinajstić information content (AvgIpc) is 2.65. The highest BCUT2D eigenvalue weighted by atomic mass is 32.1. The van der Waals surface area contributed by atoms with E-state index in [0.29, 0.717) is 10.9 Å². The molecule has 0 saturated heterocycles. The highest BCUT2D eigenvalue weighted by Crippen LogP contribution is 2.21. The number of aryl methyl sites for hydroxylation is 2. The number of benzene rings is 3. The Bertz CT molecular complexity index is 999. The first-order chi connectivity index (χ1) is 13.4. The lowest BCUT2D eigenvalue weighted by atomic mass is 10.1. The fraction of sp³-hybridized carbons (Fsp3) is 0.182. The lowest BCUT2D eigenvalue weighted by molar-refractivity contribution is -0.127. The summed E-state index contributed by atoms with van der Waals surface area (Å²) in [4.78, 5) is 12.3. The molecule has 0 heterocycles. The Hall–Kier alpha value is -3.12. The number of ether oxygens (including phenoxy) is 1. The molecule has 144 valence electrons. The van der Waals surface area contributed by atoms with E-state index in [1.54, 1.807) is 6.92 Å². The van der Waals surface area contributed by atoms with Gasteiger partial charge in [-0.25, -0.2) is 0 Å². The number of nitrogens with one attached hydrogen (secondary N) is 3. The van der Waals surface area contributed by atoms with Crippen LogP contribution in [0.1, 0.15) is 18.1 Å². The van der Waals surface area contributed by atoms with Gasteiger partial charge in [0.15, 0.2) is 11.2 Å². The van der Waals surface area contributed by atoms with Crippen molar-refractivity contribution in [3.05, 3.63) is 71.8 Å². The van der Waals surface area contributed by atoms with Gasteiger partial charge in [-0.1, -0.05) is 36.4 Å². The Balaban J connectivity index is 1.52. The zero-order valence-electron chi connectivity index (χ0n) is 16.1. The molecule has 0 aliphatic rings. The van der Waals surface area contributed by atoms with Gasteiger partial charge in [-0.15, -0.1) is 0 Å². The Morgan fingerprint density at radius 3 is 2.32 bits per heavy atom. The highest BCUT2D eigenvalue weighted by Gasteiger charge is 2.15. The van der Waals surface area contributed by atoms with Gasteiger partial charge >= 0.3 is 0 Å². The first-order valence-electron chi connectivity index (χ1n) is 9.01. The van der Waals surface area contributed by atoms with E-state index in [-0.39, 0.29) is 5.91 Å². The number of hydrogen-bond donors (Lipinski definition) is 3. The fourth-order valence-corrected chi connectivity index (χ4v) is 3.10. The number of hydrazine groups is 1. The molecular formula is C22H23N3O2S. The molecule has 3 rings (SSSR count).